The van der Waals surface area contributed by atoms with Crippen molar-refractivity contribution in [3.63, 3.8) is 0 Å². The molecule has 0 saturated carbocycles. The van der Waals surface area contributed by atoms with E-state index in [0.29, 0.717) is 0 Å². The van der Waals surface area contributed by atoms with E-state index in [4.69, 9.17) is 0 Å². The Balaban J connectivity index is 4.11. The third-order valence-electron chi connectivity index (χ3n) is 1.12. The summed E-state index contributed by atoms with van der Waals surface area (Å²) in [5, 5.41) is 0. The molecule has 14 heavy (non-hydrogen) atoms. The molecule has 0 N–H and O–H groups in total. The van der Waals surface area contributed by atoms with Crippen LogP contribution < -0.4 is 0 Å². The van der Waals surface area contributed by atoms with Crippen LogP contribution >= 0.6 is 0 Å². The zero-order chi connectivity index (χ0) is 11.3. The zero-order valence-electron chi connectivity index (χ0n) is 8.74. The first-order valence-corrected chi connectivity index (χ1v) is 4.39. The normalized spacial score (nSPS) is 10.9. The van der Waals surface area contributed by atoms with Gasteiger partial charge in [-0.25, -0.2) is 14.0 Å². The van der Waals surface area contributed by atoms with Crippen LogP contribution in [-0.2, 0) is 19.1 Å². The Morgan fingerprint density at radius 3 is 1.43 bits per heavy atom. The van der Waals surface area contributed by atoms with Crippen LogP contribution in [-0.4, -0.2) is 30.3 Å². The number of hydrogen-bond donors (Lipinski definition) is 0. The first-order chi connectivity index (χ1) is 6.34. The highest BCUT2D eigenvalue weighted by Crippen LogP contribution is 2.03. The lowest BCUT2D eigenvalue weighted by Gasteiger charge is -2.12. The van der Waals surface area contributed by atoms with Crippen LogP contribution in [0.4, 0.5) is 4.39 Å². The van der Waals surface area contributed by atoms with E-state index in [2.05, 4.69) is 9.47 Å². The van der Waals surface area contributed by atoms with Crippen molar-refractivity contribution in [3.05, 3.63) is 0 Å². The van der Waals surface area contributed by atoms with Gasteiger partial charge in [-0.1, -0.05) is 0 Å². The van der Waals surface area contributed by atoms with Crippen molar-refractivity contribution in [1.29, 1.82) is 0 Å². The first kappa shape index (κ1) is 12.9. The van der Waals surface area contributed by atoms with Crippen LogP contribution in [0.3, 0.4) is 0 Å². The summed E-state index contributed by atoms with van der Waals surface area (Å²) in [6, 6.07) is 0. The molecule has 0 aliphatic heterocycles. The highest BCUT2D eigenvalue weighted by Gasteiger charge is 2.30. The summed E-state index contributed by atoms with van der Waals surface area (Å²) in [6.07, 6.45) is -3.25. The maximum atomic E-state index is 13.0. The van der Waals surface area contributed by atoms with Gasteiger partial charge in [0.15, 0.2) is 0 Å². The van der Waals surface area contributed by atoms with E-state index in [0.717, 1.165) is 0 Å². The molecule has 0 heterocycles. The Morgan fingerprint density at radius 1 is 0.929 bits per heavy atom. The summed E-state index contributed by atoms with van der Waals surface area (Å²) in [5.41, 5.74) is 0. The van der Waals surface area contributed by atoms with Crippen LogP contribution in [0.2, 0.25) is 0 Å². The molecule has 0 radical (unpaired) electrons. The smallest absolute Gasteiger partial charge is 0.352 e. The fourth-order valence-corrected chi connectivity index (χ4v) is 0.680. The van der Waals surface area contributed by atoms with Crippen molar-refractivity contribution in [2.24, 2.45) is 0 Å². The number of rotatable bonds is 4. The molecule has 0 spiro atoms. The quantitative estimate of drug-likeness (QED) is 0.512. The highest BCUT2D eigenvalue weighted by molar-refractivity contribution is 5.97. The van der Waals surface area contributed by atoms with Crippen molar-refractivity contribution in [3.8, 4) is 0 Å². The number of ether oxygens (including phenoxy) is 2. The van der Waals surface area contributed by atoms with Gasteiger partial charge in [0, 0.05) is 0 Å². The monoisotopic (exact) mass is 206 g/mol. The molecule has 82 valence electrons. The van der Waals surface area contributed by atoms with Gasteiger partial charge in [0.1, 0.15) is 0 Å². The molecule has 0 saturated heterocycles. The lowest BCUT2D eigenvalue weighted by Crippen LogP contribution is -2.32. The van der Waals surface area contributed by atoms with Crippen LogP contribution in [0.5, 0.6) is 0 Å². The molecule has 0 bridgehead atoms. The molecule has 0 amide bonds. The molecule has 0 aromatic carbocycles. The van der Waals surface area contributed by atoms with Crippen LogP contribution in [0.15, 0.2) is 0 Å². The molecule has 0 aliphatic carbocycles. The van der Waals surface area contributed by atoms with Crippen LogP contribution in [0.1, 0.15) is 27.7 Å². The Kier molecular flexibility index (Phi) is 5.12. The van der Waals surface area contributed by atoms with Gasteiger partial charge >= 0.3 is 11.9 Å². The number of alkyl halides is 1. The largest absolute Gasteiger partial charge is 0.460 e. The molecule has 0 aromatic rings. The molecule has 0 aromatic heterocycles. The summed E-state index contributed by atoms with van der Waals surface area (Å²) < 4.78 is 22.0. The first-order valence-electron chi connectivity index (χ1n) is 4.39. The second-order valence-electron chi connectivity index (χ2n) is 3.33. The molecule has 0 atom stereocenters. The van der Waals surface area contributed by atoms with Gasteiger partial charge in [0.25, 0.3) is 6.17 Å². The minimum atomic E-state index is -2.35. The third-order valence-corrected chi connectivity index (χ3v) is 1.12. The van der Waals surface area contributed by atoms with Crippen molar-refractivity contribution in [1.82, 2.24) is 0 Å². The number of carbonyl (C=O) groups excluding carboxylic acids is 2. The van der Waals surface area contributed by atoms with Crippen molar-refractivity contribution >= 4 is 11.9 Å². The SMILES string of the molecule is CC(C)OC(=O)C(F)C(=O)OC(C)C. The van der Waals surface area contributed by atoms with E-state index in [-0.39, 0.29) is 0 Å². The minimum Gasteiger partial charge on any atom is -0.460 e. The third kappa shape index (κ3) is 4.79. The molecule has 5 heteroatoms. The predicted molar refractivity (Wildman–Crippen MR) is 47.4 cm³/mol. The summed E-state index contributed by atoms with van der Waals surface area (Å²) in [7, 11) is 0. The average Bonchev–Trinajstić information content (AvgIpc) is 2.00. The van der Waals surface area contributed by atoms with Crippen molar-refractivity contribution in [2.75, 3.05) is 0 Å². The molecular weight excluding hydrogens is 191 g/mol. The predicted octanol–water partition coefficient (Wildman–Crippen LogP) is 1.23. The van der Waals surface area contributed by atoms with E-state index in [9.17, 15) is 14.0 Å². The summed E-state index contributed by atoms with van der Waals surface area (Å²) in [6.45, 7) is 6.27. The summed E-state index contributed by atoms with van der Waals surface area (Å²) in [4.78, 5) is 21.8. The second-order valence-corrected chi connectivity index (χ2v) is 3.33. The zero-order valence-corrected chi connectivity index (χ0v) is 8.74. The Morgan fingerprint density at radius 2 is 1.21 bits per heavy atom. The van der Waals surface area contributed by atoms with Crippen LogP contribution in [0.25, 0.3) is 0 Å². The second kappa shape index (κ2) is 5.57. The van der Waals surface area contributed by atoms with E-state index in [1.807, 2.05) is 0 Å². The van der Waals surface area contributed by atoms with Gasteiger partial charge in [-0.05, 0) is 27.7 Å². The topological polar surface area (TPSA) is 52.6 Å². The molecular formula is C9H15FO4. The van der Waals surface area contributed by atoms with Gasteiger partial charge < -0.3 is 9.47 Å². The fraction of sp³-hybridized carbons (Fsp3) is 0.778. The highest BCUT2D eigenvalue weighted by atomic mass is 19.1. The summed E-state index contributed by atoms with van der Waals surface area (Å²) in [5.74, 6) is -2.41. The fourth-order valence-electron chi connectivity index (χ4n) is 0.680. The number of carbonyl (C=O) groups is 2. The van der Waals surface area contributed by atoms with E-state index < -0.39 is 30.3 Å². The van der Waals surface area contributed by atoms with Crippen LogP contribution in [0, 0.1) is 0 Å². The molecule has 4 nitrogen and oxygen atoms in total. The Bertz CT molecular complexity index is 191. The van der Waals surface area contributed by atoms with E-state index >= 15 is 0 Å². The molecule has 0 fully saturated rings. The van der Waals surface area contributed by atoms with E-state index in [1.165, 1.54) is 0 Å². The standard InChI is InChI=1S/C9H15FO4/c1-5(2)13-8(11)7(10)9(12)14-6(3)4/h5-7H,1-4H3. The van der Waals surface area contributed by atoms with Gasteiger partial charge in [0.2, 0.25) is 0 Å². The Labute approximate surface area is 82.4 Å². The van der Waals surface area contributed by atoms with Gasteiger partial charge in [-0.2, -0.15) is 0 Å². The van der Waals surface area contributed by atoms with Crippen molar-refractivity contribution in [2.45, 2.75) is 46.1 Å². The minimum absolute atomic E-state index is 0.451. The summed E-state index contributed by atoms with van der Waals surface area (Å²) >= 11 is 0. The van der Waals surface area contributed by atoms with Crippen molar-refractivity contribution < 1.29 is 23.5 Å². The lowest BCUT2D eigenvalue weighted by molar-refractivity contribution is -0.167. The number of hydrogen-bond acceptors (Lipinski definition) is 4. The maximum Gasteiger partial charge on any atom is 0.352 e. The van der Waals surface area contributed by atoms with Gasteiger partial charge in [-0.3, -0.25) is 0 Å². The molecule has 0 unspecified atom stereocenters. The molecule has 0 rings (SSSR count). The average molecular weight is 206 g/mol. The Hall–Kier alpha value is -1.13. The van der Waals surface area contributed by atoms with Gasteiger partial charge in [-0.15, -0.1) is 0 Å². The number of esters is 2. The maximum absolute atomic E-state index is 13.0. The molecule has 0 aliphatic rings. The lowest BCUT2D eigenvalue weighted by atomic mass is 10.3. The number of halogens is 1. The van der Waals surface area contributed by atoms with E-state index in [1.54, 1.807) is 27.7 Å². The van der Waals surface area contributed by atoms with Gasteiger partial charge in [0.05, 0.1) is 12.2 Å².